The molecule has 1 aromatic rings. The fourth-order valence-electron chi connectivity index (χ4n) is 2.13. The van der Waals surface area contributed by atoms with Crippen LogP contribution in [0.4, 0.5) is 5.69 Å². The molecule has 1 aromatic heterocycles. The third-order valence-corrected chi connectivity index (χ3v) is 3.76. The predicted molar refractivity (Wildman–Crippen MR) is 115 cm³/mol. The Morgan fingerprint density at radius 2 is 2.00 bits per heavy atom. The van der Waals surface area contributed by atoms with E-state index in [2.05, 4.69) is 27.0 Å². The van der Waals surface area contributed by atoms with Gasteiger partial charge in [0, 0.05) is 18.5 Å². The molecule has 28 heavy (non-hydrogen) atoms. The van der Waals surface area contributed by atoms with Crippen molar-refractivity contribution in [2.75, 3.05) is 5.73 Å². The molecule has 3 N–H and O–H groups in total. The van der Waals surface area contributed by atoms with Crippen molar-refractivity contribution < 1.29 is 4.79 Å². The van der Waals surface area contributed by atoms with Gasteiger partial charge in [0.2, 0.25) is 5.91 Å². The number of amides is 1. The zero-order valence-corrected chi connectivity index (χ0v) is 17.5. The molecule has 0 atom stereocenters. The summed E-state index contributed by atoms with van der Waals surface area (Å²) in [5.74, 6) is -0.300. The Morgan fingerprint density at radius 3 is 2.54 bits per heavy atom. The first-order valence-corrected chi connectivity index (χ1v) is 9.16. The monoisotopic (exact) mass is 386 g/mol. The number of aromatic nitrogens is 2. The second-order valence-electron chi connectivity index (χ2n) is 6.99. The van der Waals surface area contributed by atoms with Crippen molar-refractivity contribution >= 4 is 24.0 Å². The van der Waals surface area contributed by atoms with Gasteiger partial charge in [-0.05, 0) is 39.2 Å². The highest BCUT2D eigenvalue weighted by Crippen LogP contribution is 2.19. The van der Waals surface area contributed by atoms with Crippen LogP contribution in [0.1, 0.15) is 58.7 Å². The maximum atomic E-state index is 12.7. The molecule has 0 aliphatic carbocycles. The summed E-state index contributed by atoms with van der Waals surface area (Å²) in [5, 5.41) is 6.82. The van der Waals surface area contributed by atoms with Gasteiger partial charge in [-0.3, -0.25) is 14.6 Å². The smallest absolute Gasteiger partial charge is 0.278 e. The minimum atomic E-state index is -0.472. The molecule has 0 fully saturated rings. The first-order chi connectivity index (χ1) is 13.1. The second kappa shape index (κ2) is 10.3. The predicted octanol–water partition coefficient (Wildman–Crippen LogP) is 2.40. The van der Waals surface area contributed by atoms with E-state index in [9.17, 15) is 9.59 Å². The fourth-order valence-corrected chi connectivity index (χ4v) is 2.13. The number of nitrogens with two attached hydrogens (primary N) is 1. The van der Waals surface area contributed by atoms with Crippen molar-refractivity contribution in [2.45, 2.75) is 60.0 Å². The van der Waals surface area contributed by atoms with E-state index >= 15 is 0 Å². The number of anilines is 1. The average Bonchev–Trinajstić information content (AvgIpc) is 2.61. The van der Waals surface area contributed by atoms with Gasteiger partial charge >= 0.3 is 0 Å². The van der Waals surface area contributed by atoms with Crippen LogP contribution in [0, 0.1) is 0 Å². The van der Waals surface area contributed by atoms with E-state index in [1.165, 1.54) is 6.21 Å². The summed E-state index contributed by atoms with van der Waals surface area (Å²) in [5.41, 5.74) is 7.65. The lowest BCUT2D eigenvalue weighted by atomic mass is 10.1. The van der Waals surface area contributed by atoms with Gasteiger partial charge in [-0.2, -0.15) is 5.10 Å². The van der Waals surface area contributed by atoms with Gasteiger partial charge in [0.05, 0.1) is 16.9 Å². The fraction of sp³-hybridized carbons (Fsp3) is 0.450. The molecule has 8 heteroatoms. The molecule has 0 aromatic carbocycles. The minimum Gasteiger partial charge on any atom is -0.396 e. The van der Waals surface area contributed by atoms with E-state index in [-0.39, 0.29) is 35.6 Å². The standard InChI is InChI=1S/C20H30N6O2/c1-8-14(6)9-23-15(7)24-17(27)11-26-20(28)16(10-22-13(4)5)18(21)19(25-26)12(2)3/h8-10,12-13H,7,11,21H2,1-6H3,(H,24,27)/b14-8-,22-10?,23-9-. The van der Waals surface area contributed by atoms with Crippen LogP contribution in [-0.2, 0) is 11.3 Å². The van der Waals surface area contributed by atoms with Crippen LogP contribution in [0.25, 0.3) is 0 Å². The maximum absolute atomic E-state index is 12.7. The second-order valence-corrected chi connectivity index (χ2v) is 6.99. The summed E-state index contributed by atoms with van der Waals surface area (Å²) in [7, 11) is 0. The Balaban J connectivity index is 3.16. The molecule has 0 radical (unpaired) electrons. The largest absolute Gasteiger partial charge is 0.396 e. The number of nitrogens with one attached hydrogen (secondary N) is 1. The Kier molecular flexibility index (Phi) is 8.50. The van der Waals surface area contributed by atoms with Crippen LogP contribution in [-0.4, -0.2) is 34.2 Å². The van der Waals surface area contributed by atoms with Crippen molar-refractivity contribution in [1.82, 2.24) is 15.1 Å². The van der Waals surface area contributed by atoms with Crippen molar-refractivity contribution in [2.24, 2.45) is 9.98 Å². The highest BCUT2D eigenvalue weighted by atomic mass is 16.2. The number of nitrogen functional groups attached to an aromatic ring is 1. The van der Waals surface area contributed by atoms with Gasteiger partial charge in [-0.15, -0.1) is 0 Å². The van der Waals surface area contributed by atoms with Gasteiger partial charge in [-0.1, -0.05) is 26.5 Å². The van der Waals surface area contributed by atoms with Gasteiger partial charge in [0.15, 0.2) is 0 Å². The van der Waals surface area contributed by atoms with E-state index < -0.39 is 11.5 Å². The summed E-state index contributed by atoms with van der Waals surface area (Å²) in [6, 6.07) is 0.00743. The number of aliphatic imine (C=N–C) groups is 2. The van der Waals surface area contributed by atoms with E-state index in [0.717, 1.165) is 10.3 Å². The number of rotatable bonds is 8. The average molecular weight is 387 g/mol. The molecule has 0 aliphatic rings. The summed E-state index contributed by atoms with van der Waals surface area (Å²) < 4.78 is 1.09. The SMILES string of the molecule is C=C(/N=C\C(C)=C/C)NC(=O)Cn1nc(C(C)C)c(N)c(C=NC(C)C)c1=O. The Morgan fingerprint density at radius 1 is 1.36 bits per heavy atom. The van der Waals surface area contributed by atoms with Gasteiger partial charge in [0.1, 0.15) is 12.4 Å². The van der Waals surface area contributed by atoms with E-state index in [1.807, 2.05) is 47.6 Å². The van der Waals surface area contributed by atoms with Crippen molar-refractivity contribution in [1.29, 1.82) is 0 Å². The van der Waals surface area contributed by atoms with Crippen LogP contribution >= 0.6 is 0 Å². The van der Waals surface area contributed by atoms with Crippen molar-refractivity contribution in [3.05, 3.63) is 45.7 Å². The van der Waals surface area contributed by atoms with Crippen LogP contribution < -0.4 is 16.6 Å². The third-order valence-electron chi connectivity index (χ3n) is 3.76. The molecule has 1 rings (SSSR count). The number of carbonyl (C=O) groups is 1. The molecule has 0 saturated carbocycles. The Bertz CT molecular complexity index is 875. The number of hydrogen-bond acceptors (Lipinski definition) is 6. The van der Waals surface area contributed by atoms with Crippen LogP contribution in [0.15, 0.2) is 38.8 Å². The molecule has 152 valence electrons. The number of hydrogen-bond donors (Lipinski definition) is 2. The first kappa shape index (κ1) is 23.0. The summed E-state index contributed by atoms with van der Waals surface area (Å²) in [6.45, 7) is 14.8. The zero-order valence-electron chi connectivity index (χ0n) is 17.5. The highest BCUT2D eigenvalue weighted by Gasteiger charge is 2.18. The molecule has 1 amide bonds. The molecule has 0 saturated heterocycles. The summed E-state index contributed by atoms with van der Waals surface area (Å²) in [4.78, 5) is 33.4. The number of allylic oxidation sites excluding steroid dienone is 2. The molecule has 0 unspecified atom stereocenters. The molecule has 1 heterocycles. The van der Waals surface area contributed by atoms with E-state index in [1.54, 1.807) is 6.21 Å². The van der Waals surface area contributed by atoms with Crippen molar-refractivity contribution in [3.63, 3.8) is 0 Å². The summed E-state index contributed by atoms with van der Waals surface area (Å²) >= 11 is 0. The van der Waals surface area contributed by atoms with Crippen LogP contribution in [0.3, 0.4) is 0 Å². The molecule has 0 bridgehead atoms. The Hall–Kier alpha value is -3.03. The van der Waals surface area contributed by atoms with Crippen molar-refractivity contribution in [3.8, 4) is 0 Å². The molecular formula is C20H30N6O2. The number of nitrogens with zero attached hydrogens (tertiary/aromatic N) is 4. The molecular weight excluding hydrogens is 356 g/mol. The van der Waals surface area contributed by atoms with Gasteiger partial charge in [0.25, 0.3) is 5.56 Å². The molecule has 8 nitrogen and oxygen atoms in total. The topological polar surface area (TPSA) is 115 Å². The minimum absolute atomic E-state index is 0.00743. The first-order valence-electron chi connectivity index (χ1n) is 9.16. The van der Waals surface area contributed by atoms with E-state index in [0.29, 0.717) is 5.69 Å². The van der Waals surface area contributed by atoms with E-state index in [4.69, 9.17) is 5.73 Å². The molecule has 0 spiro atoms. The lowest BCUT2D eigenvalue weighted by molar-refractivity contribution is -0.121. The maximum Gasteiger partial charge on any atom is 0.278 e. The number of carbonyl (C=O) groups excluding carboxylic acids is 1. The normalized spacial score (nSPS) is 12.5. The zero-order chi connectivity index (χ0) is 21.4. The Labute approximate surface area is 166 Å². The van der Waals surface area contributed by atoms with Crippen LogP contribution in [0.2, 0.25) is 0 Å². The lowest BCUT2D eigenvalue weighted by Gasteiger charge is -2.14. The summed E-state index contributed by atoms with van der Waals surface area (Å²) in [6.07, 6.45) is 4.92. The lowest BCUT2D eigenvalue weighted by Crippen LogP contribution is -2.36. The highest BCUT2D eigenvalue weighted by molar-refractivity contribution is 5.87. The third kappa shape index (κ3) is 6.61. The molecule has 0 aliphatic heterocycles. The van der Waals surface area contributed by atoms with Gasteiger partial charge in [-0.25, -0.2) is 9.67 Å². The van der Waals surface area contributed by atoms with Crippen LogP contribution in [0.5, 0.6) is 0 Å². The quantitative estimate of drug-likeness (QED) is 0.668. The van der Waals surface area contributed by atoms with Gasteiger partial charge < -0.3 is 11.1 Å².